The van der Waals surface area contributed by atoms with Crippen molar-refractivity contribution in [2.24, 2.45) is 0 Å². The van der Waals surface area contributed by atoms with E-state index >= 15 is 0 Å². The van der Waals surface area contributed by atoms with Crippen molar-refractivity contribution in [2.75, 3.05) is 12.4 Å². The minimum atomic E-state index is -3.91. The van der Waals surface area contributed by atoms with Gasteiger partial charge in [-0.15, -0.1) is 0 Å². The van der Waals surface area contributed by atoms with Crippen molar-refractivity contribution in [3.8, 4) is 16.9 Å². The van der Waals surface area contributed by atoms with Crippen LogP contribution in [0, 0.1) is 0 Å². The standard InChI is InChI=1S/C26H25F2NO3S/c27-26(28)17-25(26,23-6-2-1-3-7-23)18-33(30,31)29-16-19-8-10-20(11-9-19)21-12-13-24-22(15-21)5-4-14-32-24/h1-3,6-13,15,29H,4-5,14,16-18H2. The molecule has 1 N–H and O–H groups in total. The minimum Gasteiger partial charge on any atom is -0.493 e. The van der Waals surface area contributed by atoms with E-state index in [1.165, 1.54) is 5.56 Å². The number of nitrogens with one attached hydrogen (secondary N) is 1. The molecule has 3 aromatic rings. The molecule has 0 radical (unpaired) electrons. The third-order valence-corrected chi connectivity index (χ3v) is 8.01. The maximum absolute atomic E-state index is 14.2. The van der Waals surface area contributed by atoms with E-state index in [-0.39, 0.29) is 6.54 Å². The predicted molar refractivity (Wildman–Crippen MR) is 124 cm³/mol. The number of hydrogen-bond acceptors (Lipinski definition) is 3. The minimum absolute atomic E-state index is 0.0527. The van der Waals surface area contributed by atoms with Gasteiger partial charge in [-0.25, -0.2) is 21.9 Å². The maximum Gasteiger partial charge on any atom is 0.260 e. The average Bonchev–Trinajstić information content (AvgIpc) is 3.38. The lowest BCUT2D eigenvalue weighted by atomic mass is 9.98. The van der Waals surface area contributed by atoms with E-state index in [0.717, 1.165) is 41.9 Å². The highest BCUT2D eigenvalue weighted by Crippen LogP contribution is 2.62. The number of halogens is 2. The van der Waals surface area contributed by atoms with Crippen LogP contribution in [0.1, 0.15) is 29.5 Å². The highest BCUT2D eigenvalue weighted by Gasteiger charge is 2.73. The largest absolute Gasteiger partial charge is 0.493 e. The zero-order valence-electron chi connectivity index (χ0n) is 18.1. The van der Waals surface area contributed by atoms with Crippen molar-refractivity contribution in [3.63, 3.8) is 0 Å². The summed E-state index contributed by atoms with van der Waals surface area (Å²) in [6.07, 6.45) is 1.55. The van der Waals surface area contributed by atoms with Gasteiger partial charge in [0.1, 0.15) is 5.75 Å². The van der Waals surface area contributed by atoms with Crippen molar-refractivity contribution < 1.29 is 21.9 Å². The van der Waals surface area contributed by atoms with Crippen LogP contribution in [0.15, 0.2) is 72.8 Å². The molecule has 1 unspecified atom stereocenters. The SMILES string of the molecule is O=S(=O)(CC1(c2ccccc2)CC1(F)F)NCc1ccc(-c2ccc3c(c2)CCCO3)cc1. The Morgan fingerprint density at radius 1 is 0.939 bits per heavy atom. The first-order valence-corrected chi connectivity index (χ1v) is 12.7. The highest BCUT2D eigenvalue weighted by atomic mass is 32.2. The van der Waals surface area contributed by atoms with Gasteiger partial charge in [0.05, 0.1) is 17.8 Å². The summed E-state index contributed by atoms with van der Waals surface area (Å²) in [6.45, 7) is 0.804. The quantitative estimate of drug-likeness (QED) is 0.525. The van der Waals surface area contributed by atoms with Crippen LogP contribution in [-0.4, -0.2) is 26.7 Å². The first-order valence-electron chi connectivity index (χ1n) is 11.0. The smallest absolute Gasteiger partial charge is 0.260 e. The second-order valence-corrected chi connectivity index (χ2v) is 10.7. The Labute approximate surface area is 192 Å². The van der Waals surface area contributed by atoms with Crippen LogP contribution in [0.25, 0.3) is 11.1 Å². The van der Waals surface area contributed by atoms with Gasteiger partial charge < -0.3 is 4.74 Å². The fourth-order valence-corrected chi connectivity index (χ4v) is 6.19. The number of ether oxygens (including phenoxy) is 1. The van der Waals surface area contributed by atoms with Gasteiger partial charge in [0.15, 0.2) is 0 Å². The zero-order valence-corrected chi connectivity index (χ0v) is 18.9. The molecule has 0 aromatic heterocycles. The Bertz CT molecular complexity index is 1260. The first kappa shape index (κ1) is 22.0. The van der Waals surface area contributed by atoms with E-state index < -0.39 is 33.5 Å². The monoisotopic (exact) mass is 469 g/mol. The number of fused-ring (bicyclic) bond motifs is 1. The number of benzene rings is 3. The second kappa shape index (κ2) is 8.22. The van der Waals surface area contributed by atoms with Gasteiger partial charge in [0.25, 0.3) is 5.92 Å². The Balaban J connectivity index is 1.26. The summed E-state index contributed by atoms with van der Waals surface area (Å²) in [5, 5.41) is 0. The number of hydrogen-bond donors (Lipinski definition) is 1. The van der Waals surface area contributed by atoms with Crippen molar-refractivity contribution >= 4 is 10.0 Å². The highest BCUT2D eigenvalue weighted by molar-refractivity contribution is 7.89. The molecule has 5 rings (SSSR count). The molecule has 1 heterocycles. The fraction of sp³-hybridized carbons (Fsp3) is 0.308. The average molecular weight is 470 g/mol. The predicted octanol–water partition coefficient (Wildman–Crippen LogP) is 5.08. The molecule has 3 aromatic carbocycles. The fourth-order valence-electron chi connectivity index (χ4n) is 4.57. The Morgan fingerprint density at radius 2 is 1.64 bits per heavy atom. The summed E-state index contributed by atoms with van der Waals surface area (Å²) in [6, 6.07) is 21.9. The van der Waals surface area contributed by atoms with E-state index in [2.05, 4.69) is 10.8 Å². The van der Waals surface area contributed by atoms with Gasteiger partial charge in [0.2, 0.25) is 10.0 Å². The van der Waals surface area contributed by atoms with E-state index in [1.54, 1.807) is 30.3 Å². The van der Waals surface area contributed by atoms with Gasteiger partial charge >= 0.3 is 0 Å². The van der Waals surface area contributed by atoms with Crippen LogP contribution in [0.5, 0.6) is 5.75 Å². The van der Waals surface area contributed by atoms with Crippen LogP contribution in [0.2, 0.25) is 0 Å². The van der Waals surface area contributed by atoms with Crippen molar-refractivity contribution in [1.82, 2.24) is 4.72 Å². The lowest BCUT2D eigenvalue weighted by molar-refractivity contribution is 0.0925. The molecule has 172 valence electrons. The first-order chi connectivity index (χ1) is 15.8. The van der Waals surface area contributed by atoms with Crippen LogP contribution in [0.3, 0.4) is 0 Å². The third kappa shape index (κ3) is 4.39. The summed E-state index contributed by atoms with van der Waals surface area (Å²) in [5.41, 5.74) is 2.77. The Morgan fingerprint density at radius 3 is 2.33 bits per heavy atom. The number of alkyl halides is 2. The summed E-state index contributed by atoms with van der Waals surface area (Å²) in [7, 11) is -3.91. The third-order valence-electron chi connectivity index (χ3n) is 6.55. The molecular weight excluding hydrogens is 444 g/mol. The molecule has 0 amide bonds. The van der Waals surface area contributed by atoms with Gasteiger partial charge in [-0.1, -0.05) is 60.7 Å². The van der Waals surface area contributed by atoms with Crippen LogP contribution < -0.4 is 9.46 Å². The summed E-state index contributed by atoms with van der Waals surface area (Å²) in [5.74, 6) is -2.72. The normalized spacial score (nSPS) is 21.2. The number of aryl methyl sites for hydroxylation is 1. The zero-order chi connectivity index (χ0) is 23.1. The molecule has 4 nitrogen and oxygen atoms in total. The van der Waals surface area contributed by atoms with E-state index in [9.17, 15) is 17.2 Å². The van der Waals surface area contributed by atoms with E-state index in [1.807, 2.05) is 36.4 Å². The van der Waals surface area contributed by atoms with Gasteiger partial charge in [-0.3, -0.25) is 0 Å². The van der Waals surface area contributed by atoms with Gasteiger partial charge in [-0.2, -0.15) is 0 Å². The van der Waals surface area contributed by atoms with E-state index in [4.69, 9.17) is 4.74 Å². The number of rotatable bonds is 7. The molecule has 1 saturated carbocycles. The molecule has 1 aliphatic heterocycles. The summed E-state index contributed by atoms with van der Waals surface area (Å²) >= 11 is 0. The van der Waals surface area contributed by atoms with Gasteiger partial charge in [0, 0.05) is 13.0 Å². The molecule has 1 aliphatic carbocycles. The van der Waals surface area contributed by atoms with Crippen LogP contribution in [0.4, 0.5) is 8.78 Å². The second-order valence-electron chi connectivity index (χ2n) is 8.88. The Kier molecular flexibility index (Phi) is 5.49. The van der Waals surface area contributed by atoms with Crippen LogP contribution >= 0.6 is 0 Å². The molecule has 1 atom stereocenters. The number of sulfonamides is 1. The molecule has 7 heteroatoms. The molecule has 1 fully saturated rings. The molecule has 33 heavy (non-hydrogen) atoms. The lowest BCUT2D eigenvalue weighted by Crippen LogP contribution is -2.34. The molecule has 0 bridgehead atoms. The van der Waals surface area contributed by atoms with Crippen LogP contribution in [-0.2, 0) is 28.4 Å². The van der Waals surface area contributed by atoms with Crippen molar-refractivity contribution in [2.45, 2.75) is 37.1 Å². The van der Waals surface area contributed by atoms with Crippen molar-refractivity contribution in [1.29, 1.82) is 0 Å². The summed E-state index contributed by atoms with van der Waals surface area (Å²) < 4.78 is 62.0. The molecule has 0 saturated heterocycles. The Hall–Kier alpha value is -2.77. The molecular formula is C26H25F2NO3S. The molecule has 2 aliphatic rings. The lowest BCUT2D eigenvalue weighted by Gasteiger charge is -2.18. The van der Waals surface area contributed by atoms with Gasteiger partial charge in [-0.05, 0) is 52.8 Å². The molecule has 0 spiro atoms. The topological polar surface area (TPSA) is 55.4 Å². The van der Waals surface area contributed by atoms with E-state index in [0.29, 0.717) is 5.56 Å². The van der Waals surface area contributed by atoms with Crippen molar-refractivity contribution in [3.05, 3.63) is 89.5 Å². The summed E-state index contributed by atoms with van der Waals surface area (Å²) in [4.78, 5) is 0. The maximum atomic E-state index is 14.2.